The van der Waals surface area contributed by atoms with E-state index in [4.69, 9.17) is 11.6 Å². The van der Waals surface area contributed by atoms with Gasteiger partial charge in [-0.05, 0) is 25.1 Å². The molecule has 6 nitrogen and oxygen atoms in total. The Morgan fingerprint density at radius 1 is 1.38 bits per heavy atom. The molecule has 0 saturated heterocycles. The second kappa shape index (κ2) is 6.36. The lowest BCUT2D eigenvalue weighted by molar-refractivity contribution is -0.384. The summed E-state index contributed by atoms with van der Waals surface area (Å²) >= 11 is 5.68. The van der Waals surface area contributed by atoms with Gasteiger partial charge in [-0.3, -0.25) is 10.1 Å². The Morgan fingerprint density at radius 2 is 2.14 bits per heavy atom. The third kappa shape index (κ3) is 3.38. The van der Waals surface area contributed by atoms with Gasteiger partial charge in [-0.1, -0.05) is 17.7 Å². The molecule has 21 heavy (non-hydrogen) atoms. The van der Waals surface area contributed by atoms with Gasteiger partial charge in [0.05, 0.1) is 15.6 Å². The fraction of sp³-hybridized carbons (Fsp3) is 0.154. The van der Waals surface area contributed by atoms with Crippen molar-refractivity contribution in [2.45, 2.75) is 6.92 Å². The Labute approximate surface area is 125 Å². The normalized spacial score (nSPS) is 10.2. The zero-order valence-corrected chi connectivity index (χ0v) is 11.8. The topological polar surface area (TPSA) is 80.1 Å². The number of nitrogens with zero attached hydrogens (tertiary/aromatic N) is 2. The monoisotopic (exact) mass is 310 g/mol. The maximum atomic E-state index is 13.9. The van der Waals surface area contributed by atoms with Gasteiger partial charge in [0.1, 0.15) is 5.82 Å². The fourth-order valence-electron chi connectivity index (χ4n) is 1.70. The SMILES string of the molecule is CCNc1ccc([N+](=O)[O-])c(Nc2cccc(Cl)c2F)n1. The van der Waals surface area contributed by atoms with Crippen LogP contribution >= 0.6 is 11.6 Å². The van der Waals surface area contributed by atoms with Crippen LogP contribution in [0.15, 0.2) is 30.3 Å². The first-order chi connectivity index (χ1) is 10.0. The Hall–Kier alpha value is -2.41. The summed E-state index contributed by atoms with van der Waals surface area (Å²) in [4.78, 5) is 14.5. The number of halogens is 2. The smallest absolute Gasteiger partial charge is 0.311 e. The Bertz CT molecular complexity index is 681. The third-order valence-corrected chi connectivity index (χ3v) is 2.93. The van der Waals surface area contributed by atoms with Gasteiger partial charge in [-0.15, -0.1) is 0 Å². The molecule has 2 aromatic rings. The minimum absolute atomic E-state index is 0.0201. The van der Waals surface area contributed by atoms with Crippen molar-refractivity contribution in [3.63, 3.8) is 0 Å². The molecule has 1 aromatic carbocycles. The number of benzene rings is 1. The Kier molecular flexibility index (Phi) is 4.54. The number of hydrogen-bond donors (Lipinski definition) is 2. The number of pyridine rings is 1. The number of rotatable bonds is 5. The van der Waals surface area contributed by atoms with Gasteiger partial charge in [0.25, 0.3) is 0 Å². The summed E-state index contributed by atoms with van der Waals surface area (Å²) in [5, 5.41) is 16.5. The van der Waals surface area contributed by atoms with Gasteiger partial charge >= 0.3 is 5.69 Å². The predicted octanol–water partition coefficient (Wildman–Crippen LogP) is 3.96. The molecule has 0 bridgehead atoms. The lowest BCUT2D eigenvalue weighted by Crippen LogP contribution is -2.05. The van der Waals surface area contributed by atoms with E-state index in [1.807, 2.05) is 6.92 Å². The van der Waals surface area contributed by atoms with Crippen molar-refractivity contribution in [2.24, 2.45) is 0 Å². The molecule has 0 amide bonds. The fourth-order valence-corrected chi connectivity index (χ4v) is 1.87. The molecule has 1 aromatic heterocycles. The average molecular weight is 311 g/mol. The van der Waals surface area contributed by atoms with Crippen LogP contribution in [0, 0.1) is 15.9 Å². The van der Waals surface area contributed by atoms with Crippen LogP contribution in [0.5, 0.6) is 0 Å². The highest BCUT2D eigenvalue weighted by atomic mass is 35.5. The standard InChI is InChI=1S/C13H12ClFN4O2/c1-2-16-11-7-6-10(19(20)21)13(18-11)17-9-5-3-4-8(14)12(9)15/h3-7H,2H2,1H3,(H2,16,17,18). The average Bonchev–Trinajstić information content (AvgIpc) is 2.44. The van der Waals surface area contributed by atoms with E-state index in [1.165, 1.54) is 30.3 Å². The number of nitro groups is 1. The summed E-state index contributed by atoms with van der Waals surface area (Å²) in [6, 6.07) is 7.14. The zero-order chi connectivity index (χ0) is 15.4. The molecule has 8 heteroatoms. The van der Waals surface area contributed by atoms with E-state index >= 15 is 0 Å². The van der Waals surface area contributed by atoms with E-state index < -0.39 is 10.7 Å². The highest BCUT2D eigenvalue weighted by Crippen LogP contribution is 2.30. The van der Waals surface area contributed by atoms with Crippen molar-refractivity contribution < 1.29 is 9.31 Å². The van der Waals surface area contributed by atoms with E-state index in [0.29, 0.717) is 12.4 Å². The molecule has 2 rings (SSSR count). The van der Waals surface area contributed by atoms with Crippen LogP contribution in [0.25, 0.3) is 0 Å². The van der Waals surface area contributed by atoms with Crippen LogP contribution < -0.4 is 10.6 Å². The lowest BCUT2D eigenvalue weighted by Gasteiger charge is -2.10. The van der Waals surface area contributed by atoms with Crippen molar-refractivity contribution in [3.8, 4) is 0 Å². The minimum atomic E-state index is -0.691. The van der Waals surface area contributed by atoms with Gasteiger partial charge in [0.2, 0.25) is 5.82 Å². The molecule has 0 unspecified atom stereocenters. The molecule has 0 spiro atoms. The molecular formula is C13H12ClFN4O2. The molecular weight excluding hydrogens is 299 g/mol. The Morgan fingerprint density at radius 3 is 2.81 bits per heavy atom. The van der Waals surface area contributed by atoms with Crippen molar-refractivity contribution in [1.82, 2.24) is 4.98 Å². The van der Waals surface area contributed by atoms with Crippen molar-refractivity contribution in [1.29, 1.82) is 0 Å². The maximum absolute atomic E-state index is 13.9. The molecule has 110 valence electrons. The van der Waals surface area contributed by atoms with Crippen LogP contribution in [0.2, 0.25) is 5.02 Å². The zero-order valence-electron chi connectivity index (χ0n) is 11.1. The summed E-state index contributed by atoms with van der Waals surface area (Å²) in [5.74, 6) is -0.295. The van der Waals surface area contributed by atoms with Gasteiger partial charge in [0.15, 0.2) is 5.82 Å². The molecule has 0 fully saturated rings. The second-order valence-corrected chi connectivity index (χ2v) is 4.49. The maximum Gasteiger partial charge on any atom is 0.311 e. The number of nitrogens with one attached hydrogen (secondary N) is 2. The number of aromatic nitrogens is 1. The highest BCUT2D eigenvalue weighted by molar-refractivity contribution is 6.31. The molecule has 0 aliphatic heterocycles. The van der Waals surface area contributed by atoms with Crippen molar-refractivity contribution >= 4 is 34.6 Å². The third-order valence-electron chi connectivity index (χ3n) is 2.63. The van der Waals surface area contributed by atoms with Crippen LogP contribution in [-0.2, 0) is 0 Å². The van der Waals surface area contributed by atoms with Crippen molar-refractivity contribution in [3.05, 3.63) is 51.3 Å². The van der Waals surface area contributed by atoms with Gasteiger partial charge in [0, 0.05) is 12.6 Å². The summed E-state index contributed by atoms with van der Waals surface area (Å²) in [6.07, 6.45) is 0. The van der Waals surface area contributed by atoms with E-state index in [-0.39, 0.29) is 22.2 Å². The highest BCUT2D eigenvalue weighted by Gasteiger charge is 2.18. The summed E-state index contributed by atoms with van der Waals surface area (Å²) in [7, 11) is 0. The van der Waals surface area contributed by atoms with Gasteiger partial charge in [-0.25, -0.2) is 9.37 Å². The molecule has 0 aliphatic carbocycles. The van der Waals surface area contributed by atoms with E-state index in [2.05, 4.69) is 15.6 Å². The first-order valence-corrected chi connectivity index (χ1v) is 6.51. The minimum Gasteiger partial charge on any atom is -0.370 e. The molecule has 2 N–H and O–H groups in total. The first kappa shape index (κ1) is 15.0. The van der Waals surface area contributed by atoms with E-state index in [1.54, 1.807) is 0 Å². The lowest BCUT2D eigenvalue weighted by atomic mass is 10.3. The Balaban J connectivity index is 2.43. The molecule has 0 aliphatic rings. The summed E-state index contributed by atoms with van der Waals surface area (Å²) < 4.78 is 13.9. The van der Waals surface area contributed by atoms with Crippen LogP contribution in [0.1, 0.15) is 6.92 Å². The largest absolute Gasteiger partial charge is 0.370 e. The first-order valence-electron chi connectivity index (χ1n) is 6.13. The second-order valence-electron chi connectivity index (χ2n) is 4.08. The van der Waals surface area contributed by atoms with Gasteiger partial charge in [-0.2, -0.15) is 0 Å². The molecule has 0 saturated carbocycles. The quantitative estimate of drug-likeness (QED) is 0.645. The van der Waals surface area contributed by atoms with E-state index in [9.17, 15) is 14.5 Å². The number of anilines is 3. The predicted molar refractivity (Wildman–Crippen MR) is 79.7 cm³/mol. The number of hydrogen-bond acceptors (Lipinski definition) is 5. The molecule has 0 radical (unpaired) electrons. The summed E-state index contributed by atoms with van der Waals surface area (Å²) in [5.41, 5.74) is -0.234. The van der Waals surface area contributed by atoms with Gasteiger partial charge < -0.3 is 10.6 Å². The van der Waals surface area contributed by atoms with Crippen molar-refractivity contribution in [2.75, 3.05) is 17.2 Å². The van der Waals surface area contributed by atoms with E-state index in [0.717, 1.165) is 0 Å². The van der Waals surface area contributed by atoms with Crippen LogP contribution in [0.3, 0.4) is 0 Å². The van der Waals surface area contributed by atoms with Crippen LogP contribution in [-0.4, -0.2) is 16.5 Å². The summed E-state index contributed by atoms with van der Waals surface area (Å²) in [6.45, 7) is 2.47. The molecule has 1 heterocycles. The van der Waals surface area contributed by atoms with Crippen LogP contribution in [0.4, 0.5) is 27.4 Å². The molecule has 0 atom stereocenters.